The highest BCUT2D eigenvalue weighted by Gasteiger charge is 2.17. The first-order chi connectivity index (χ1) is 13.4. The molecule has 0 spiro atoms. The minimum atomic E-state index is -1.05. The molecule has 5 nitrogen and oxygen atoms in total. The smallest absolute Gasteiger partial charge is 0.226 e. The maximum Gasteiger partial charge on any atom is 0.226 e. The topological polar surface area (TPSA) is 70.4 Å². The van der Waals surface area contributed by atoms with Crippen LogP contribution in [0.4, 0.5) is 0 Å². The quantitative estimate of drug-likeness (QED) is 0.544. The summed E-state index contributed by atoms with van der Waals surface area (Å²) in [5.41, 5.74) is 2.79. The second-order valence-corrected chi connectivity index (χ2v) is 8.70. The lowest BCUT2D eigenvalue weighted by Gasteiger charge is -2.19. The van der Waals surface area contributed by atoms with Gasteiger partial charge in [0.1, 0.15) is 29.1 Å². The van der Waals surface area contributed by atoms with Gasteiger partial charge in [-0.25, -0.2) is 4.98 Å². The van der Waals surface area contributed by atoms with Gasteiger partial charge in [0.25, 0.3) is 0 Å². The maximum atomic E-state index is 11.9. The van der Waals surface area contributed by atoms with E-state index in [1.165, 1.54) is 0 Å². The molecule has 2 atom stereocenters. The van der Waals surface area contributed by atoms with Crippen LogP contribution in [0.25, 0.3) is 11.5 Å². The van der Waals surface area contributed by atoms with E-state index in [0.717, 1.165) is 28.3 Å². The molecule has 3 aromatic rings. The Kier molecular flexibility index (Phi) is 6.78. The van der Waals surface area contributed by atoms with E-state index in [1.54, 1.807) is 0 Å². The van der Waals surface area contributed by atoms with Gasteiger partial charge in [0.15, 0.2) is 0 Å². The number of ether oxygens (including phenoxy) is 1. The van der Waals surface area contributed by atoms with Gasteiger partial charge in [-0.2, -0.15) is 0 Å². The van der Waals surface area contributed by atoms with Crippen LogP contribution in [0.3, 0.4) is 0 Å². The van der Waals surface area contributed by atoms with Crippen molar-refractivity contribution in [1.82, 2.24) is 9.71 Å². The Morgan fingerprint density at radius 2 is 1.75 bits per heavy atom. The number of nitrogens with zero attached hydrogens (tertiary/aromatic N) is 1. The summed E-state index contributed by atoms with van der Waals surface area (Å²) in [6, 6.07) is 17.6. The Bertz CT molecular complexity index is 879. The van der Waals surface area contributed by atoms with Crippen molar-refractivity contribution in [1.29, 1.82) is 0 Å². The molecule has 0 aliphatic heterocycles. The van der Waals surface area contributed by atoms with Gasteiger partial charge in [-0.15, -0.1) is 4.72 Å². The van der Waals surface area contributed by atoms with Crippen molar-refractivity contribution in [2.45, 2.75) is 45.6 Å². The van der Waals surface area contributed by atoms with Crippen LogP contribution in [0.1, 0.15) is 43.8 Å². The molecule has 1 heterocycles. The second kappa shape index (κ2) is 9.28. The van der Waals surface area contributed by atoms with Crippen molar-refractivity contribution in [3.05, 3.63) is 71.6 Å². The van der Waals surface area contributed by atoms with E-state index >= 15 is 0 Å². The molecule has 28 heavy (non-hydrogen) atoms. The number of nitrogens with one attached hydrogen (secondary N) is 1. The third-order valence-corrected chi connectivity index (χ3v) is 5.83. The van der Waals surface area contributed by atoms with Gasteiger partial charge in [0.05, 0.1) is 6.04 Å². The van der Waals surface area contributed by atoms with Gasteiger partial charge in [-0.05, 0) is 57.5 Å². The monoisotopic (exact) mass is 398 g/mol. The summed E-state index contributed by atoms with van der Waals surface area (Å²) in [7, 11) is 0. The van der Waals surface area contributed by atoms with Crippen LogP contribution in [-0.4, -0.2) is 14.8 Å². The second-order valence-electron chi connectivity index (χ2n) is 6.93. The Morgan fingerprint density at radius 3 is 2.39 bits per heavy atom. The molecule has 0 saturated carbocycles. The lowest BCUT2D eigenvalue weighted by molar-refractivity contribution is 0.299. The molecule has 0 saturated heterocycles. The zero-order valence-corrected chi connectivity index (χ0v) is 17.5. The highest BCUT2D eigenvalue weighted by atomic mass is 32.2. The summed E-state index contributed by atoms with van der Waals surface area (Å²) >= 11 is -1.05. The zero-order chi connectivity index (χ0) is 20.1. The maximum absolute atomic E-state index is 11.9. The summed E-state index contributed by atoms with van der Waals surface area (Å²) in [6.45, 7) is 8.10. The van der Waals surface area contributed by atoms with Gasteiger partial charge in [-0.1, -0.05) is 30.3 Å². The van der Waals surface area contributed by atoms with Crippen LogP contribution in [0.5, 0.6) is 5.75 Å². The van der Waals surface area contributed by atoms with E-state index < -0.39 is 11.4 Å². The normalized spacial score (nSPS) is 13.5. The van der Waals surface area contributed by atoms with Crippen molar-refractivity contribution in [2.24, 2.45) is 0 Å². The van der Waals surface area contributed by atoms with Crippen LogP contribution in [-0.2, 0) is 18.0 Å². The average Bonchev–Trinajstić information content (AvgIpc) is 3.08. The number of aryl methyl sites for hydroxylation is 1. The standard InChI is InChI=1S/C22H26N2O3S/c1-15(2)28(25)24-16(3)18-10-12-20(13-11-18)26-14-21-17(4)27-22(23-21)19-8-6-5-7-9-19/h5-13,15-16,24H,14H2,1-4H3/t16-,28?/m0/s1. The highest BCUT2D eigenvalue weighted by molar-refractivity contribution is 7.90. The van der Waals surface area contributed by atoms with Crippen molar-refractivity contribution < 1.29 is 13.7 Å². The molecule has 0 radical (unpaired) electrons. The molecule has 3 rings (SSSR count). The molecule has 0 fully saturated rings. The fourth-order valence-electron chi connectivity index (χ4n) is 2.65. The number of benzene rings is 2. The molecule has 1 aromatic heterocycles. The number of aromatic nitrogens is 1. The first-order valence-corrected chi connectivity index (χ1v) is 10.6. The molecule has 0 bridgehead atoms. The van der Waals surface area contributed by atoms with E-state index in [0.29, 0.717) is 12.5 Å². The third-order valence-electron chi connectivity index (χ3n) is 4.39. The van der Waals surface area contributed by atoms with Crippen LogP contribution in [0, 0.1) is 6.92 Å². The molecular weight excluding hydrogens is 372 g/mol. The van der Waals surface area contributed by atoms with E-state index in [4.69, 9.17) is 9.15 Å². The summed E-state index contributed by atoms with van der Waals surface area (Å²) in [6.07, 6.45) is 0. The lowest BCUT2D eigenvalue weighted by Crippen LogP contribution is -2.32. The van der Waals surface area contributed by atoms with Crippen molar-refractivity contribution >= 4 is 11.4 Å². The first-order valence-electron chi connectivity index (χ1n) is 9.35. The molecule has 0 aliphatic carbocycles. The molecular formula is C22H26N2O3S. The number of hydrogen-bond acceptors (Lipinski definition) is 5. The van der Waals surface area contributed by atoms with Gasteiger partial charge < -0.3 is 13.7 Å². The summed E-state index contributed by atoms with van der Waals surface area (Å²) in [5.74, 6) is 2.11. The van der Waals surface area contributed by atoms with E-state index in [1.807, 2.05) is 82.3 Å². The zero-order valence-electron chi connectivity index (χ0n) is 16.6. The number of rotatable bonds is 8. The van der Waals surface area contributed by atoms with Crippen LogP contribution in [0.2, 0.25) is 0 Å². The lowest BCUT2D eigenvalue weighted by atomic mass is 10.1. The average molecular weight is 399 g/mol. The molecule has 1 unspecified atom stereocenters. The minimum absolute atomic E-state index is 0.00324. The van der Waals surface area contributed by atoms with Crippen molar-refractivity contribution in [3.63, 3.8) is 0 Å². The highest BCUT2D eigenvalue weighted by Crippen LogP contribution is 2.23. The van der Waals surface area contributed by atoms with Gasteiger partial charge in [0, 0.05) is 16.9 Å². The Hall–Kier alpha value is -2.28. The fraction of sp³-hybridized carbons (Fsp3) is 0.318. The predicted molar refractivity (Wildman–Crippen MR) is 112 cm³/mol. The van der Waals surface area contributed by atoms with Gasteiger partial charge in [0.2, 0.25) is 5.89 Å². The first kappa shape index (κ1) is 20.5. The van der Waals surface area contributed by atoms with E-state index in [9.17, 15) is 4.55 Å². The SMILES string of the molecule is Cc1oc(-c2ccccc2)nc1COc1ccc([C@H](C)N[S+]([O-])C(C)C)cc1. The third kappa shape index (κ3) is 5.16. The van der Waals surface area contributed by atoms with Crippen LogP contribution in [0.15, 0.2) is 59.0 Å². The number of hydrogen-bond donors (Lipinski definition) is 1. The Morgan fingerprint density at radius 1 is 1.07 bits per heavy atom. The fourth-order valence-corrected chi connectivity index (χ4v) is 3.41. The van der Waals surface area contributed by atoms with E-state index in [2.05, 4.69) is 9.71 Å². The molecule has 1 N–H and O–H groups in total. The summed E-state index contributed by atoms with van der Waals surface area (Å²) < 4.78 is 26.7. The molecule has 0 amide bonds. The molecule has 0 aliphatic rings. The molecule has 2 aromatic carbocycles. The largest absolute Gasteiger partial charge is 0.598 e. The Balaban J connectivity index is 1.60. The molecule has 148 valence electrons. The minimum Gasteiger partial charge on any atom is -0.598 e. The van der Waals surface area contributed by atoms with Crippen molar-refractivity contribution in [2.75, 3.05) is 0 Å². The van der Waals surface area contributed by atoms with E-state index in [-0.39, 0.29) is 11.3 Å². The summed E-state index contributed by atoms with van der Waals surface area (Å²) in [4.78, 5) is 4.55. The van der Waals surface area contributed by atoms with Crippen LogP contribution < -0.4 is 9.46 Å². The number of oxazole rings is 1. The van der Waals surface area contributed by atoms with Crippen LogP contribution >= 0.6 is 0 Å². The molecule has 6 heteroatoms. The van der Waals surface area contributed by atoms with Gasteiger partial charge in [-0.3, -0.25) is 0 Å². The Labute approximate surface area is 169 Å². The predicted octanol–water partition coefficient (Wildman–Crippen LogP) is 4.95. The van der Waals surface area contributed by atoms with Gasteiger partial charge >= 0.3 is 0 Å². The summed E-state index contributed by atoms with van der Waals surface area (Å²) in [5, 5.41) is 0.0801. The van der Waals surface area contributed by atoms with Crippen molar-refractivity contribution in [3.8, 4) is 17.2 Å².